The summed E-state index contributed by atoms with van der Waals surface area (Å²) in [5.74, 6) is 1.31. The second-order valence-electron chi connectivity index (χ2n) is 3.88. The van der Waals surface area contributed by atoms with E-state index in [1.54, 1.807) is 20.3 Å². The molecule has 0 fully saturated rings. The van der Waals surface area contributed by atoms with E-state index >= 15 is 0 Å². The van der Waals surface area contributed by atoms with Gasteiger partial charge in [0.2, 0.25) is 0 Å². The summed E-state index contributed by atoms with van der Waals surface area (Å²) in [4.78, 5) is 2.03. The first-order valence-corrected chi connectivity index (χ1v) is 5.94. The van der Waals surface area contributed by atoms with Crippen LogP contribution >= 0.6 is 0 Å². The Morgan fingerprint density at radius 3 is 2.33 bits per heavy atom. The number of anilines is 2. The number of rotatable bonds is 7. The van der Waals surface area contributed by atoms with E-state index in [9.17, 15) is 0 Å². The van der Waals surface area contributed by atoms with E-state index in [1.165, 1.54) is 0 Å². The molecule has 1 aromatic carbocycles. The SMILES string of the molecule is CCOCCN(C)c1cc(OC)c(OC)cc1N. The van der Waals surface area contributed by atoms with Crippen LogP contribution in [-0.2, 0) is 4.74 Å². The summed E-state index contributed by atoms with van der Waals surface area (Å²) in [7, 11) is 5.17. The predicted molar refractivity (Wildman–Crippen MR) is 73.7 cm³/mol. The number of nitrogens with zero attached hydrogens (tertiary/aromatic N) is 1. The fourth-order valence-electron chi connectivity index (χ4n) is 1.68. The van der Waals surface area contributed by atoms with Crippen molar-refractivity contribution in [1.29, 1.82) is 0 Å². The first-order valence-electron chi connectivity index (χ1n) is 5.94. The Kier molecular flexibility index (Phi) is 5.58. The molecule has 0 spiro atoms. The smallest absolute Gasteiger partial charge is 0.162 e. The van der Waals surface area contributed by atoms with Crippen molar-refractivity contribution in [3.05, 3.63) is 12.1 Å². The number of hydrogen-bond donors (Lipinski definition) is 1. The zero-order valence-electron chi connectivity index (χ0n) is 11.5. The van der Waals surface area contributed by atoms with E-state index < -0.39 is 0 Å². The summed E-state index contributed by atoms with van der Waals surface area (Å²) in [5, 5.41) is 0. The highest BCUT2D eigenvalue weighted by Crippen LogP contribution is 2.36. The summed E-state index contributed by atoms with van der Waals surface area (Å²) in [6.07, 6.45) is 0. The fourth-order valence-corrected chi connectivity index (χ4v) is 1.68. The number of nitrogen functional groups attached to an aromatic ring is 1. The van der Waals surface area contributed by atoms with E-state index in [1.807, 2.05) is 24.9 Å². The largest absolute Gasteiger partial charge is 0.493 e. The number of hydrogen-bond acceptors (Lipinski definition) is 5. The van der Waals surface area contributed by atoms with E-state index in [-0.39, 0.29) is 0 Å². The van der Waals surface area contributed by atoms with Gasteiger partial charge in [0.1, 0.15) is 0 Å². The quantitative estimate of drug-likeness (QED) is 0.593. The van der Waals surface area contributed by atoms with Crippen molar-refractivity contribution in [3.63, 3.8) is 0 Å². The van der Waals surface area contributed by atoms with Crippen LogP contribution in [0.4, 0.5) is 11.4 Å². The number of nitrogens with two attached hydrogens (primary N) is 1. The van der Waals surface area contributed by atoms with Gasteiger partial charge in [0.15, 0.2) is 11.5 Å². The molecule has 0 bridgehead atoms. The fraction of sp³-hybridized carbons (Fsp3) is 0.538. The lowest BCUT2D eigenvalue weighted by molar-refractivity contribution is 0.154. The lowest BCUT2D eigenvalue weighted by atomic mass is 10.2. The average Bonchev–Trinajstić information content (AvgIpc) is 2.38. The molecule has 0 aliphatic carbocycles. The van der Waals surface area contributed by atoms with Gasteiger partial charge in [-0.25, -0.2) is 0 Å². The summed E-state index contributed by atoms with van der Waals surface area (Å²) in [5.41, 5.74) is 7.58. The molecule has 0 amide bonds. The summed E-state index contributed by atoms with van der Waals surface area (Å²) < 4.78 is 15.8. The molecule has 1 aromatic rings. The third-order valence-corrected chi connectivity index (χ3v) is 2.72. The van der Waals surface area contributed by atoms with Crippen molar-refractivity contribution in [3.8, 4) is 11.5 Å². The van der Waals surface area contributed by atoms with E-state index in [0.717, 1.165) is 18.8 Å². The Bertz CT molecular complexity index is 383. The van der Waals surface area contributed by atoms with Crippen molar-refractivity contribution < 1.29 is 14.2 Å². The Balaban J connectivity index is 2.87. The number of ether oxygens (including phenoxy) is 3. The molecular formula is C13H22N2O3. The van der Waals surface area contributed by atoms with Gasteiger partial charge < -0.3 is 24.8 Å². The average molecular weight is 254 g/mol. The molecule has 0 unspecified atom stereocenters. The van der Waals surface area contributed by atoms with Crippen LogP contribution < -0.4 is 20.1 Å². The molecule has 0 heterocycles. The van der Waals surface area contributed by atoms with Crippen LogP contribution in [0.15, 0.2) is 12.1 Å². The topological polar surface area (TPSA) is 57.0 Å². The number of benzene rings is 1. The molecule has 102 valence electrons. The van der Waals surface area contributed by atoms with Crippen LogP contribution in [-0.4, -0.2) is 41.0 Å². The van der Waals surface area contributed by atoms with Crippen LogP contribution in [0.1, 0.15) is 6.92 Å². The van der Waals surface area contributed by atoms with E-state index in [2.05, 4.69) is 0 Å². The first kappa shape index (κ1) is 14.4. The molecule has 0 saturated heterocycles. The molecular weight excluding hydrogens is 232 g/mol. The Morgan fingerprint density at radius 2 is 1.78 bits per heavy atom. The molecule has 0 atom stereocenters. The molecule has 1 rings (SSSR count). The van der Waals surface area contributed by atoms with Gasteiger partial charge in [-0.3, -0.25) is 0 Å². The third kappa shape index (κ3) is 3.43. The number of likely N-dealkylation sites (N-methyl/N-ethyl adjacent to an activating group) is 1. The van der Waals surface area contributed by atoms with Gasteiger partial charge in [-0.05, 0) is 6.92 Å². The van der Waals surface area contributed by atoms with Gasteiger partial charge in [0.05, 0.1) is 32.2 Å². The lowest BCUT2D eigenvalue weighted by Crippen LogP contribution is -2.23. The maximum absolute atomic E-state index is 6.01. The first-order chi connectivity index (χ1) is 8.63. The second-order valence-corrected chi connectivity index (χ2v) is 3.88. The van der Waals surface area contributed by atoms with Gasteiger partial charge in [-0.15, -0.1) is 0 Å². The van der Waals surface area contributed by atoms with Crippen LogP contribution in [0.25, 0.3) is 0 Å². The third-order valence-electron chi connectivity index (χ3n) is 2.72. The van der Waals surface area contributed by atoms with Gasteiger partial charge in [-0.1, -0.05) is 0 Å². The Hall–Kier alpha value is -1.62. The van der Waals surface area contributed by atoms with Crippen LogP contribution in [0, 0.1) is 0 Å². The minimum atomic E-state index is 0.636. The molecule has 0 radical (unpaired) electrons. The van der Waals surface area contributed by atoms with Crippen LogP contribution in [0.3, 0.4) is 0 Å². The molecule has 2 N–H and O–H groups in total. The highest BCUT2D eigenvalue weighted by molar-refractivity contribution is 5.72. The van der Waals surface area contributed by atoms with Gasteiger partial charge in [0, 0.05) is 32.3 Å². The maximum Gasteiger partial charge on any atom is 0.162 e. The van der Waals surface area contributed by atoms with Crippen LogP contribution in [0.2, 0.25) is 0 Å². The highest BCUT2D eigenvalue weighted by Gasteiger charge is 2.12. The maximum atomic E-state index is 6.01. The van der Waals surface area contributed by atoms with Gasteiger partial charge in [-0.2, -0.15) is 0 Å². The van der Waals surface area contributed by atoms with Crippen molar-refractivity contribution in [1.82, 2.24) is 0 Å². The summed E-state index contributed by atoms with van der Waals surface area (Å²) in [6.45, 7) is 4.13. The molecule has 18 heavy (non-hydrogen) atoms. The van der Waals surface area contributed by atoms with E-state index in [0.29, 0.717) is 23.8 Å². The molecule has 5 nitrogen and oxygen atoms in total. The van der Waals surface area contributed by atoms with Crippen molar-refractivity contribution in [2.24, 2.45) is 0 Å². The predicted octanol–water partition coefficient (Wildman–Crippen LogP) is 1.76. The Labute approximate surface area is 108 Å². The van der Waals surface area contributed by atoms with Crippen molar-refractivity contribution in [2.45, 2.75) is 6.92 Å². The molecule has 0 aliphatic heterocycles. The van der Waals surface area contributed by atoms with Crippen molar-refractivity contribution >= 4 is 11.4 Å². The van der Waals surface area contributed by atoms with Gasteiger partial charge >= 0.3 is 0 Å². The zero-order chi connectivity index (χ0) is 13.5. The normalized spacial score (nSPS) is 10.2. The molecule has 5 heteroatoms. The monoisotopic (exact) mass is 254 g/mol. The number of methoxy groups -OCH3 is 2. The van der Waals surface area contributed by atoms with E-state index in [4.69, 9.17) is 19.9 Å². The van der Waals surface area contributed by atoms with Gasteiger partial charge in [0.25, 0.3) is 0 Å². The minimum absolute atomic E-state index is 0.636. The summed E-state index contributed by atoms with van der Waals surface area (Å²) >= 11 is 0. The summed E-state index contributed by atoms with van der Waals surface area (Å²) in [6, 6.07) is 3.64. The standard InChI is InChI=1S/C13H22N2O3/c1-5-18-7-6-15(2)11-9-13(17-4)12(16-3)8-10(11)14/h8-9H,5-7,14H2,1-4H3. The highest BCUT2D eigenvalue weighted by atomic mass is 16.5. The van der Waals surface area contributed by atoms with Crippen LogP contribution in [0.5, 0.6) is 11.5 Å². The lowest BCUT2D eigenvalue weighted by Gasteiger charge is -2.22. The Morgan fingerprint density at radius 1 is 1.17 bits per heavy atom. The molecule has 0 saturated carbocycles. The molecule has 0 aliphatic rings. The van der Waals surface area contributed by atoms with Crippen molar-refractivity contribution in [2.75, 3.05) is 51.7 Å². The zero-order valence-corrected chi connectivity index (χ0v) is 11.5. The second kappa shape index (κ2) is 6.96. The minimum Gasteiger partial charge on any atom is -0.493 e. The molecule has 0 aromatic heterocycles.